The molecule has 2 aromatic rings. The van der Waals surface area contributed by atoms with Crippen LogP contribution in [0.15, 0.2) is 71.4 Å². The number of cyclic esters (lactones) is 1. The van der Waals surface area contributed by atoms with Gasteiger partial charge in [-0.2, -0.15) is 0 Å². The molecule has 0 N–H and O–H groups in total. The Kier molecular flexibility index (Phi) is 5.17. The lowest BCUT2D eigenvalue weighted by molar-refractivity contribution is -0.129. The highest BCUT2D eigenvalue weighted by Gasteiger charge is 2.24. The van der Waals surface area contributed by atoms with E-state index in [1.54, 1.807) is 25.3 Å². The molecule has 1 heterocycles. The summed E-state index contributed by atoms with van der Waals surface area (Å²) in [7, 11) is 1.56. The van der Waals surface area contributed by atoms with Gasteiger partial charge < -0.3 is 14.2 Å². The van der Waals surface area contributed by atoms with E-state index < -0.39 is 5.97 Å². The maximum Gasteiger partial charge on any atom is 0.363 e. The highest BCUT2D eigenvalue weighted by Crippen LogP contribution is 2.30. The molecule has 0 radical (unpaired) electrons. The van der Waals surface area contributed by atoms with Gasteiger partial charge in [0.1, 0.15) is 6.61 Å². The maximum absolute atomic E-state index is 12.1. The van der Waals surface area contributed by atoms with Crippen molar-refractivity contribution < 1.29 is 19.0 Å². The Morgan fingerprint density at radius 2 is 1.96 bits per heavy atom. The van der Waals surface area contributed by atoms with Crippen molar-refractivity contribution in [1.29, 1.82) is 0 Å². The number of aliphatic imine (C=N–C) groups is 1. The summed E-state index contributed by atoms with van der Waals surface area (Å²) in [5, 5.41) is 0. The second-order valence-corrected chi connectivity index (χ2v) is 5.86. The molecule has 3 rings (SSSR count). The SMILES string of the molecule is C=C(C)COc1ccc(C=C2N=C(c3ccccc3)OC2=O)cc1OC. The van der Waals surface area contributed by atoms with E-state index in [1.807, 2.05) is 43.3 Å². The Labute approximate surface area is 152 Å². The second kappa shape index (κ2) is 7.70. The standard InChI is InChI=1S/C21H19NO4/c1-14(2)13-25-18-10-9-15(12-19(18)24-3)11-17-21(23)26-20(22-17)16-7-5-4-6-8-16/h4-12H,1,13H2,2-3H3. The number of carbonyl (C=O) groups excluding carboxylic acids is 1. The molecule has 2 aromatic carbocycles. The summed E-state index contributed by atoms with van der Waals surface area (Å²) in [4.78, 5) is 16.4. The van der Waals surface area contributed by atoms with Crippen LogP contribution in [0.1, 0.15) is 18.1 Å². The Hall–Kier alpha value is -3.34. The number of carbonyl (C=O) groups is 1. The van der Waals surface area contributed by atoms with Crippen molar-refractivity contribution >= 4 is 17.9 Å². The molecule has 0 fully saturated rings. The first kappa shape index (κ1) is 17.5. The minimum atomic E-state index is -0.481. The zero-order valence-corrected chi connectivity index (χ0v) is 14.7. The lowest BCUT2D eigenvalue weighted by Gasteiger charge is -2.11. The average Bonchev–Trinajstić information content (AvgIpc) is 3.01. The highest BCUT2D eigenvalue weighted by atomic mass is 16.6. The largest absolute Gasteiger partial charge is 0.493 e. The minimum Gasteiger partial charge on any atom is -0.493 e. The zero-order valence-electron chi connectivity index (χ0n) is 14.7. The maximum atomic E-state index is 12.1. The number of nitrogens with zero attached hydrogens (tertiary/aromatic N) is 1. The first-order valence-electron chi connectivity index (χ1n) is 8.10. The molecule has 0 atom stereocenters. The van der Waals surface area contributed by atoms with Crippen molar-refractivity contribution in [3.63, 3.8) is 0 Å². The topological polar surface area (TPSA) is 57.1 Å². The normalized spacial score (nSPS) is 14.8. The van der Waals surface area contributed by atoms with Crippen LogP contribution >= 0.6 is 0 Å². The molecule has 0 saturated carbocycles. The van der Waals surface area contributed by atoms with Gasteiger partial charge >= 0.3 is 5.97 Å². The molecular weight excluding hydrogens is 330 g/mol. The van der Waals surface area contributed by atoms with E-state index >= 15 is 0 Å². The van der Waals surface area contributed by atoms with Gasteiger partial charge in [0, 0.05) is 5.56 Å². The van der Waals surface area contributed by atoms with Gasteiger partial charge in [0.05, 0.1) is 7.11 Å². The summed E-state index contributed by atoms with van der Waals surface area (Å²) in [5.74, 6) is 1.00. The van der Waals surface area contributed by atoms with Gasteiger partial charge in [-0.05, 0) is 48.4 Å². The molecule has 26 heavy (non-hydrogen) atoms. The molecule has 0 amide bonds. The van der Waals surface area contributed by atoms with Crippen LogP contribution in [-0.4, -0.2) is 25.6 Å². The van der Waals surface area contributed by atoms with Gasteiger partial charge in [0.2, 0.25) is 5.90 Å². The summed E-state index contributed by atoms with van der Waals surface area (Å²) in [6.07, 6.45) is 1.66. The fraction of sp³-hybridized carbons (Fsp3) is 0.143. The number of hydrogen-bond donors (Lipinski definition) is 0. The van der Waals surface area contributed by atoms with Gasteiger partial charge in [-0.3, -0.25) is 0 Å². The number of benzene rings is 2. The Morgan fingerprint density at radius 1 is 1.19 bits per heavy atom. The first-order valence-corrected chi connectivity index (χ1v) is 8.10. The lowest BCUT2D eigenvalue weighted by atomic mass is 10.1. The average molecular weight is 349 g/mol. The number of rotatable bonds is 6. The van der Waals surface area contributed by atoms with Crippen molar-refractivity contribution in [1.82, 2.24) is 0 Å². The predicted octanol–water partition coefficient (Wildman–Crippen LogP) is 3.99. The summed E-state index contributed by atoms with van der Waals surface area (Å²) in [6, 6.07) is 14.7. The third-order valence-electron chi connectivity index (χ3n) is 3.61. The monoisotopic (exact) mass is 349 g/mol. The van der Waals surface area contributed by atoms with E-state index in [9.17, 15) is 4.79 Å². The third kappa shape index (κ3) is 4.00. The fourth-order valence-corrected chi connectivity index (χ4v) is 2.37. The molecule has 1 aliphatic rings. The summed E-state index contributed by atoms with van der Waals surface area (Å²) in [5.41, 5.74) is 2.66. The van der Waals surface area contributed by atoms with Crippen LogP contribution in [0.5, 0.6) is 11.5 Å². The van der Waals surface area contributed by atoms with Crippen LogP contribution in [-0.2, 0) is 9.53 Å². The number of methoxy groups -OCH3 is 1. The van der Waals surface area contributed by atoms with Crippen molar-refractivity contribution in [3.8, 4) is 11.5 Å². The molecule has 132 valence electrons. The summed E-state index contributed by atoms with van der Waals surface area (Å²) in [6.45, 7) is 6.11. The predicted molar refractivity (Wildman–Crippen MR) is 100 cm³/mol. The minimum absolute atomic E-state index is 0.238. The van der Waals surface area contributed by atoms with Gasteiger partial charge in [0.15, 0.2) is 17.2 Å². The van der Waals surface area contributed by atoms with Crippen molar-refractivity contribution in [2.45, 2.75) is 6.92 Å². The number of ether oxygens (including phenoxy) is 3. The smallest absolute Gasteiger partial charge is 0.363 e. The molecule has 5 nitrogen and oxygen atoms in total. The van der Waals surface area contributed by atoms with Crippen LogP contribution in [0, 0.1) is 0 Å². The number of esters is 1. The highest BCUT2D eigenvalue weighted by molar-refractivity contribution is 6.12. The van der Waals surface area contributed by atoms with E-state index in [0.717, 1.165) is 16.7 Å². The molecule has 0 unspecified atom stereocenters. The van der Waals surface area contributed by atoms with E-state index in [2.05, 4.69) is 11.6 Å². The quantitative estimate of drug-likeness (QED) is 0.449. The Balaban J connectivity index is 1.86. The van der Waals surface area contributed by atoms with Crippen LogP contribution in [0.2, 0.25) is 0 Å². The Morgan fingerprint density at radius 3 is 2.65 bits per heavy atom. The van der Waals surface area contributed by atoms with Crippen molar-refractivity contribution in [2.75, 3.05) is 13.7 Å². The molecule has 1 aliphatic heterocycles. The Bertz CT molecular complexity index is 897. The van der Waals surface area contributed by atoms with Crippen LogP contribution in [0.3, 0.4) is 0 Å². The molecule has 0 aromatic heterocycles. The lowest BCUT2D eigenvalue weighted by Crippen LogP contribution is -2.05. The van der Waals surface area contributed by atoms with Crippen LogP contribution in [0.25, 0.3) is 6.08 Å². The summed E-state index contributed by atoms with van der Waals surface area (Å²) < 4.78 is 16.3. The fourth-order valence-electron chi connectivity index (χ4n) is 2.37. The van der Waals surface area contributed by atoms with Crippen molar-refractivity contribution in [2.24, 2.45) is 4.99 Å². The second-order valence-electron chi connectivity index (χ2n) is 5.86. The van der Waals surface area contributed by atoms with Gasteiger partial charge in [-0.25, -0.2) is 9.79 Å². The van der Waals surface area contributed by atoms with Crippen molar-refractivity contribution in [3.05, 3.63) is 77.5 Å². The molecule has 0 saturated heterocycles. The van der Waals surface area contributed by atoms with Crippen LogP contribution in [0.4, 0.5) is 0 Å². The van der Waals surface area contributed by atoms with E-state index in [4.69, 9.17) is 14.2 Å². The molecule has 0 spiro atoms. The molecule has 0 aliphatic carbocycles. The van der Waals surface area contributed by atoms with E-state index in [0.29, 0.717) is 24.0 Å². The molecule has 5 heteroatoms. The molecule has 0 bridgehead atoms. The third-order valence-corrected chi connectivity index (χ3v) is 3.61. The first-order chi connectivity index (χ1) is 12.6. The van der Waals surface area contributed by atoms with E-state index in [-0.39, 0.29) is 5.70 Å². The van der Waals surface area contributed by atoms with Crippen LogP contribution < -0.4 is 9.47 Å². The number of hydrogen-bond acceptors (Lipinski definition) is 5. The van der Waals surface area contributed by atoms with Gasteiger partial charge in [-0.1, -0.05) is 30.8 Å². The van der Waals surface area contributed by atoms with E-state index in [1.165, 1.54) is 0 Å². The molecular formula is C21H19NO4. The van der Waals surface area contributed by atoms with Gasteiger partial charge in [-0.15, -0.1) is 0 Å². The van der Waals surface area contributed by atoms with Gasteiger partial charge in [0.25, 0.3) is 0 Å². The summed E-state index contributed by atoms with van der Waals surface area (Å²) >= 11 is 0. The zero-order chi connectivity index (χ0) is 18.5.